The monoisotopic (exact) mass is 190 g/mol. The summed E-state index contributed by atoms with van der Waals surface area (Å²) < 4.78 is 15.3. The van der Waals surface area contributed by atoms with E-state index in [-0.39, 0.29) is 6.29 Å². The molecule has 0 saturated carbocycles. The van der Waals surface area contributed by atoms with Gasteiger partial charge in [-0.1, -0.05) is 6.08 Å². The van der Waals surface area contributed by atoms with E-state index >= 15 is 0 Å². The van der Waals surface area contributed by atoms with Gasteiger partial charge in [0.2, 0.25) is 0 Å². The van der Waals surface area contributed by atoms with Crippen molar-refractivity contribution >= 4 is 0 Å². The summed E-state index contributed by atoms with van der Waals surface area (Å²) in [5.74, 6) is 0. The average Bonchev–Trinajstić information content (AvgIpc) is 1.98. The Hall–Kier alpha value is -0.420. The standard InChI is InChI=1S/C9H18O4/c1-5-6-11-8(3)13-9(4)12-7(2)10/h5,7-10H,1,6H2,2-4H3. The van der Waals surface area contributed by atoms with Gasteiger partial charge in [0, 0.05) is 0 Å². The summed E-state index contributed by atoms with van der Waals surface area (Å²) in [4.78, 5) is 0. The van der Waals surface area contributed by atoms with Gasteiger partial charge in [-0.15, -0.1) is 6.58 Å². The van der Waals surface area contributed by atoms with Crippen molar-refractivity contribution in [2.45, 2.75) is 39.6 Å². The minimum Gasteiger partial charge on any atom is -0.368 e. The topological polar surface area (TPSA) is 47.9 Å². The minimum absolute atomic E-state index is 0.369. The average molecular weight is 190 g/mol. The molecule has 0 amide bonds. The molecule has 4 heteroatoms. The summed E-state index contributed by atoms with van der Waals surface area (Å²) in [5, 5.41) is 8.85. The molecule has 0 fully saturated rings. The van der Waals surface area contributed by atoms with Gasteiger partial charge in [-0.3, -0.25) is 0 Å². The van der Waals surface area contributed by atoms with Gasteiger partial charge in [-0.25, -0.2) is 0 Å². The first kappa shape index (κ1) is 12.6. The lowest BCUT2D eigenvalue weighted by molar-refractivity contribution is -0.268. The molecule has 0 spiro atoms. The summed E-state index contributed by atoms with van der Waals surface area (Å²) in [7, 11) is 0. The molecule has 78 valence electrons. The molecule has 3 atom stereocenters. The van der Waals surface area contributed by atoms with Gasteiger partial charge in [0.05, 0.1) is 6.61 Å². The zero-order chi connectivity index (χ0) is 10.3. The van der Waals surface area contributed by atoms with Crippen molar-refractivity contribution in [3.8, 4) is 0 Å². The van der Waals surface area contributed by atoms with E-state index in [1.165, 1.54) is 6.92 Å². The first-order valence-corrected chi connectivity index (χ1v) is 4.27. The lowest BCUT2D eigenvalue weighted by atomic mass is 10.6. The lowest BCUT2D eigenvalue weighted by Gasteiger charge is -2.20. The Morgan fingerprint density at radius 3 is 2.31 bits per heavy atom. The molecule has 0 bridgehead atoms. The number of aliphatic hydroxyl groups is 1. The van der Waals surface area contributed by atoms with Crippen LogP contribution >= 0.6 is 0 Å². The van der Waals surface area contributed by atoms with Crippen LogP contribution in [0.2, 0.25) is 0 Å². The second-order valence-corrected chi connectivity index (χ2v) is 2.63. The molecule has 0 heterocycles. The van der Waals surface area contributed by atoms with Crippen molar-refractivity contribution < 1.29 is 19.3 Å². The van der Waals surface area contributed by atoms with Crippen LogP contribution in [0.25, 0.3) is 0 Å². The second kappa shape index (κ2) is 7.03. The van der Waals surface area contributed by atoms with E-state index in [4.69, 9.17) is 19.3 Å². The van der Waals surface area contributed by atoms with Crippen LogP contribution in [0.1, 0.15) is 20.8 Å². The summed E-state index contributed by atoms with van der Waals surface area (Å²) >= 11 is 0. The largest absolute Gasteiger partial charge is 0.368 e. The molecule has 0 aromatic rings. The summed E-state index contributed by atoms with van der Waals surface area (Å²) in [6.45, 7) is 8.91. The fraction of sp³-hybridized carbons (Fsp3) is 0.778. The molecular formula is C9H18O4. The number of hydrogen-bond donors (Lipinski definition) is 1. The van der Waals surface area contributed by atoms with Gasteiger partial charge in [0.1, 0.15) is 0 Å². The first-order chi connectivity index (χ1) is 6.06. The number of ether oxygens (including phenoxy) is 3. The third-order valence-corrected chi connectivity index (χ3v) is 1.22. The van der Waals surface area contributed by atoms with Gasteiger partial charge >= 0.3 is 0 Å². The molecule has 0 aliphatic carbocycles. The van der Waals surface area contributed by atoms with E-state index in [9.17, 15) is 0 Å². The van der Waals surface area contributed by atoms with E-state index < -0.39 is 12.6 Å². The summed E-state index contributed by atoms with van der Waals surface area (Å²) in [5.41, 5.74) is 0. The molecule has 0 rings (SSSR count). The van der Waals surface area contributed by atoms with E-state index in [1.807, 2.05) is 0 Å². The van der Waals surface area contributed by atoms with Gasteiger partial charge in [0.15, 0.2) is 18.9 Å². The van der Waals surface area contributed by atoms with Crippen LogP contribution in [0, 0.1) is 0 Å². The molecule has 13 heavy (non-hydrogen) atoms. The van der Waals surface area contributed by atoms with Crippen LogP contribution in [0.5, 0.6) is 0 Å². The highest BCUT2D eigenvalue weighted by Crippen LogP contribution is 2.03. The van der Waals surface area contributed by atoms with Crippen LogP contribution in [-0.4, -0.2) is 30.6 Å². The predicted molar refractivity (Wildman–Crippen MR) is 48.9 cm³/mol. The fourth-order valence-electron chi connectivity index (χ4n) is 0.822. The number of hydrogen-bond acceptors (Lipinski definition) is 4. The fourth-order valence-corrected chi connectivity index (χ4v) is 0.822. The molecular weight excluding hydrogens is 172 g/mol. The highest BCUT2D eigenvalue weighted by Gasteiger charge is 2.10. The third-order valence-electron chi connectivity index (χ3n) is 1.22. The first-order valence-electron chi connectivity index (χ1n) is 4.27. The highest BCUT2D eigenvalue weighted by molar-refractivity contribution is 4.63. The normalized spacial score (nSPS) is 17.8. The molecule has 4 nitrogen and oxygen atoms in total. The Morgan fingerprint density at radius 1 is 1.23 bits per heavy atom. The van der Waals surface area contributed by atoms with Crippen molar-refractivity contribution in [1.29, 1.82) is 0 Å². The number of aliphatic hydroxyl groups excluding tert-OH is 1. The smallest absolute Gasteiger partial charge is 0.161 e. The van der Waals surface area contributed by atoms with E-state index in [1.54, 1.807) is 19.9 Å². The van der Waals surface area contributed by atoms with Gasteiger partial charge < -0.3 is 19.3 Å². The zero-order valence-corrected chi connectivity index (χ0v) is 8.40. The maximum absolute atomic E-state index is 8.85. The Balaban J connectivity index is 3.51. The Morgan fingerprint density at radius 2 is 1.85 bits per heavy atom. The Bertz CT molecular complexity index is 136. The summed E-state index contributed by atoms with van der Waals surface area (Å²) in [6.07, 6.45) is -0.0479. The van der Waals surface area contributed by atoms with Crippen molar-refractivity contribution in [1.82, 2.24) is 0 Å². The molecule has 0 aromatic heterocycles. The van der Waals surface area contributed by atoms with Crippen molar-refractivity contribution in [3.05, 3.63) is 12.7 Å². The van der Waals surface area contributed by atoms with Crippen LogP contribution in [0.3, 0.4) is 0 Å². The van der Waals surface area contributed by atoms with Crippen LogP contribution in [-0.2, 0) is 14.2 Å². The Labute approximate surface area is 79.1 Å². The van der Waals surface area contributed by atoms with Crippen LogP contribution in [0.15, 0.2) is 12.7 Å². The van der Waals surface area contributed by atoms with Crippen LogP contribution < -0.4 is 0 Å². The Kier molecular flexibility index (Phi) is 6.80. The van der Waals surface area contributed by atoms with E-state index in [0.29, 0.717) is 6.61 Å². The van der Waals surface area contributed by atoms with Crippen molar-refractivity contribution in [2.75, 3.05) is 6.61 Å². The lowest BCUT2D eigenvalue weighted by Crippen LogP contribution is -2.25. The second-order valence-electron chi connectivity index (χ2n) is 2.63. The minimum atomic E-state index is -0.832. The molecule has 3 unspecified atom stereocenters. The summed E-state index contributed by atoms with van der Waals surface area (Å²) in [6, 6.07) is 0. The van der Waals surface area contributed by atoms with E-state index in [2.05, 4.69) is 6.58 Å². The van der Waals surface area contributed by atoms with E-state index in [0.717, 1.165) is 0 Å². The van der Waals surface area contributed by atoms with Crippen molar-refractivity contribution in [3.63, 3.8) is 0 Å². The third kappa shape index (κ3) is 7.93. The maximum atomic E-state index is 8.85. The molecule has 0 saturated heterocycles. The number of rotatable bonds is 7. The molecule has 0 aliphatic rings. The highest BCUT2D eigenvalue weighted by atomic mass is 16.8. The van der Waals surface area contributed by atoms with Gasteiger partial charge in [-0.05, 0) is 20.8 Å². The SMILES string of the molecule is C=CCOC(C)OC(C)OC(C)O. The molecule has 0 aliphatic heterocycles. The maximum Gasteiger partial charge on any atom is 0.161 e. The molecule has 0 aromatic carbocycles. The van der Waals surface area contributed by atoms with Gasteiger partial charge in [0.25, 0.3) is 0 Å². The predicted octanol–water partition coefficient (Wildman–Crippen LogP) is 1.25. The van der Waals surface area contributed by atoms with Crippen LogP contribution in [0.4, 0.5) is 0 Å². The molecule has 0 radical (unpaired) electrons. The van der Waals surface area contributed by atoms with Gasteiger partial charge in [-0.2, -0.15) is 0 Å². The van der Waals surface area contributed by atoms with Crippen molar-refractivity contribution in [2.24, 2.45) is 0 Å². The quantitative estimate of drug-likeness (QED) is 0.485. The molecule has 1 N–H and O–H groups in total. The zero-order valence-electron chi connectivity index (χ0n) is 8.40.